The zero-order valence-corrected chi connectivity index (χ0v) is 9.09. The van der Waals surface area contributed by atoms with Crippen LogP contribution >= 0.6 is 0 Å². The fourth-order valence-corrected chi connectivity index (χ4v) is 1.42. The van der Waals surface area contributed by atoms with Gasteiger partial charge in [-0.1, -0.05) is 18.2 Å². The maximum Gasteiger partial charge on any atom is 0.416 e. The molecule has 1 aliphatic heterocycles. The number of cyclic esters (lactones) is 1. The zero-order chi connectivity index (χ0) is 12.3. The number of hydrogen-bond acceptors (Lipinski definition) is 4. The molecule has 0 aliphatic carbocycles. The van der Waals surface area contributed by atoms with Gasteiger partial charge in [0.05, 0.1) is 12.1 Å². The van der Waals surface area contributed by atoms with Gasteiger partial charge in [-0.3, -0.25) is 0 Å². The monoisotopic (exact) mass is 233 g/mol. The Labute approximate surface area is 98.2 Å². The molecule has 1 heterocycles. The molecular formula is C12H11NO4. The Hall–Kier alpha value is -2.30. The lowest BCUT2D eigenvalue weighted by Crippen LogP contribution is -2.26. The predicted molar refractivity (Wildman–Crippen MR) is 59.1 cm³/mol. The molecule has 5 nitrogen and oxygen atoms in total. The second-order valence-corrected chi connectivity index (χ2v) is 3.42. The van der Waals surface area contributed by atoms with Crippen molar-refractivity contribution in [2.75, 3.05) is 13.2 Å². The first-order valence-electron chi connectivity index (χ1n) is 5.09. The number of ether oxygens (including phenoxy) is 2. The van der Waals surface area contributed by atoms with E-state index in [0.717, 1.165) is 0 Å². The summed E-state index contributed by atoms with van der Waals surface area (Å²) in [4.78, 5) is 24.0. The number of carbonyl (C=O) groups excluding carboxylic acids is 2. The van der Waals surface area contributed by atoms with Gasteiger partial charge in [0.2, 0.25) is 5.88 Å². The Balaban J connectivity index is 2.00. The summed E-state index contributed by atoms with van der Waals surface area (Å²) in [6.07, 6.45) is -0.545. The van der Waals surface area contributed by atoms with E-state index in [-0.39, 0.29) is 12.5 Å². The Morgan fingerprint density at radius 1 is 1.35 bits per heavy atom. The van der Waals surface area contributed by atoms with Crippen molar-refractivity contribution in [1.29, 1.82) is 0 Å². The van der Waals surface area contributed by atoms with Gasteiger partial charge in [-0.05, 0) is 18.7 Å². The Kier molecular flexibility index (Phi) is 3.09. The molecule has 1 saturated heterocycles. The molecule has 1 aliphatic rings. The number of esters is 1. The SMILES string of the molecule is C=C(OC(=O)c1ccccc1)N1CCOC1=O. The van der Waals surface area contributed by atoms with Crippen molar-refractivity contribution >= 4 is 12.1 Å². The first kappa shape index (κ1) is 11.2. The van der Waals surface area contributed by atoms with Crippen LogP contribution in [0.15, 0.2) is 42.8 Å². The van der Waals surface area contributed by atoms with E-state index >= 15 is 0 Å². The zero-order valence-electron chi connectivity index (χ0n) is 9.09. The van der Waals surface area contributed by atoms with Crippen LogP contribution in [0.1, 0.15) is 10.4 Å². The lowest BCUT2D eigenvalue weighted by Gasteiger charge is -2.14. The minimum atomic E-state index is -0.546. The number of hydrogen-bond donors (Lipinski definition) is 0. The fraction of sp³-hybridized carbons (Fsp3) is 0.167. The number of rotatable bonds is 3. The number of benzene rings is 1. The molecule has 5 heteroatoms. The first-order chi connectivity index (χ1) is 8.18. The molecule has 0 atom stereocenters. The summed E-state index contributed by atoms with van der Waals surface area (Å²) < 4.78 is 9.69. The number of carbonyl (C=O) groups is 2. The van der Waals surface area contributed by atoms with Crippen LogP contribution in [0.5, 0.6) is 0 Å². The highest BCUT2D eigenvalue weighted by Gasteiger charge is 2.27. The Bertz CT molecular complexity index is 455. The summed E-state index contributed by atoms with van der Waals surface area (Å²) in [5.74, 6) is -0.559. The highest BCUT2D eigenvalue weighted by Crippen LogP contribution is 2.13. The van der Waals surface area contributed by atoms with Gasteiger partial charge in [-0.2, -0.15) is 0 Å². The predicted octanol–water partition coefficient (Wildman–Crippen LogP) is 1.77. The molecular weight excluding hydrogens is 222 g/mol. The second kappa shape index (κ2) is 4.69. The average Bonchev–Trinajstić information content (AvgIpc) is 2.76. The van der Waals surface area contributed by atoms with Crippen molar-refractivity contribution in [3.8, 4) is 0 Å². The number of amides is 1. The van der Waals surface area contributed by atoms with Crippen molar-refractivity contribution in [2.45, 2.75) is 0 Å². The van der Waals surface area contributed by atoms with E-state index in [1.807, 2.05) is 0 Å². The summed E-state index contributed by atoms with van der Waals surface area (Å²) in [5.41, 5.74) is 0.404. The van der Waals surface area contributed by atoms with Crippen LogP contribution in [0.4, 0.5) is 4.79 Å². The van der Waals surface area contributed by atoms with Crippen LogP contribution in [0, 0.1) is 0 Å². The minimum Gasteiger partial charge on any atom is -0.447 e. The Morgan fingerprint density at radius 3 is 2.65 bits per heavy atom. The molecule has 0 bridgehead atoms. The van der Waals surface area contributed by atoms with Gasteiger partial charge < -0.3 is 9.47 Å². The molecule has 0 spiro atoms. The van der Waals surface area contributed by atoms with Crippen LogP contribution in [0.2, 0.25) is 0 Å². The van der Waals surface area contributed by atoms with E-state index in [0.29, 0.717) is 12.1 Å². The lowest BCUT2D eigenvalue weighted by molar-refractivity contribution is 0.0539. The van der Waals surface area contributed by atoms with E-state index < -0.39 is 12.1 Å². The van der Waals surface area contributed by atoms with Gasteiger partial charge in [0.1, 0.15) is 6.61 Å². The van der Waals surface area contributed by atoms with Gasteiger partial charge >= 0.3 is 12.1 Å². The van der Waals surface area contributed by atoms with Gasteiger partial charge in [0.25, 0.3) is 0 Å². The molecule has 0 unspecified atom stereocenters. The number of nitrogens with zero attached hydrogens (tertiary/aromatic N) is 1. The van der Waals surface area contributed by atoms with Gasteiger partial charge in [0.15, 0.2) is 0 Å². The summed E-state index contributed by atoms with van der Waals surface area (Å²) in [6, 6.07) is 8.49. The standard InChI is InChI=1S/C12H11NO4/c1-9(13-7-8-16-12(13)15)17-11(14)10-5-3-2-4-6-10/h2-6H,1,7-8H2. The molecule has 1 aromatic carbocycles. The normalized spacial score (nSPS) is 14.4. The van der Waals surface area contributed by atoms with E-state index in [4.69, 9.17) is 9.47 Å². The molecule has 1 aromatic rings. The maximum atomic E-state index is 11.7. The topological polar surface area (TPSA) is 55.8 Å². The molecule has 1 amide bonds. The molecule has 17 heavy (non-hydrogen) atoms. The third kappa shape index (κ3) is 2.44. The van der Waals surface area contributed by atoms with Gasteiger partial charge in [0, 0.05) is 0 Å². The maximum absolute atomic E-state index is 11.7. The summed E-state index contributed by atoms with van der Waals surface area (Å²) in [5, 5.41) is 0. The van der Waals surface area contributed by atoms with Crippen molar-refractivity contribution < 1.29 is 19.1 Å². The molecule has 0 N–H and O–H groups in total. The van der Waals surface area contributed by atoms with Crippen LogP contribution in [-0.2, 0) is 9.47 Å². The van der Waals surface area contributed by atoms with Gasteiger partial charge in [-0.25, -0.2) is 14.5 Å². The van der Waals surface area contributed by atoms with Crippen molar-refractivity contribution in [3.63, 3.8) is 0 Å². The van der Waals surface area contributed by atoms with Gasteiger partial charge in [-0.15, -0.1) is 0 Å². The molecule has 0 aromatic heterocycles. The largest absolute Gasteiger partial charge is 0.447 e. The third-order valence-electron chi connectivity index (χ3n) is 2.28. The highest BCUT2D eigenvalue weighted by molar-refractivity contribution is 5.90. The van der Waals surface area contributed by atoms with E-state index in [2.05, 4.69) is 6.58 Å². The highest BCUT2D eigenvalue weighted by atomic mass is 16.6. The Morgan fingerprint density at radius 2 is 2.06 bits per heavy atom. The molecule has 0 radical (unpaired) electrons. The fourth-order valence-electron chi connectivity index (χ4n) is 1.42. The lowest BCUT2D eigenvalue weighted by atomic mass is 10.2. The average molecular weight is 233 g/mol. The minimum absolute atomic E-state index is 0.0126. The summed E-state index contributed by atoms with van der Waals surface area (Å²) in [6.45, 7) is 4.16. The smallest absolute Gasteiger partial charge is 0.416 e. The van der Waals surface area contributed by atoms with Crippen LogP contribution < -0.4 is 0 Å². The van der Waals surface area contributed by atoms with Crippen molar-refractivity contribution in [2.24, 2.45) is 0 Å². The van der Waals surface area contributed by atoms with E-state index in [1.54, 1.807) is 30.3 Å². The molecule has 1 fully saturated rings. The van der Waals surface area contributed by atoms with Crippen LogP contribution in [0.3, 0.4) is 0 Å². The second-order valence-electron chi connectivity index (χ2n) is 3.42. The first-order valence-corrected chi connectivity index (χ1v) is 5.09. The van der Waals surface area contributed by atoms with E-state index in [1.165, 1.54) is 4.90 Å². The summed E-state index contributed by atoms with van der Waals surface area (Å²) in [7, 11) is 0. The molecule has 2 rings (SSSR count). The molecule has 0 saturated carbocycles. The van der Waals surface area contributed by atoms with Crippen LogP contribution in [0.25, 0.3) is 0 Å². The quantitative estimate of drug-likeness (QED) is 0.589. The molecule has 88 valence electrons. The van der Waals surface area contributed by atoms with Crippen LogP contribution in [-0.4, -0.2) is 30.1 Å². The summed E-state index contributed by atoms with van der Waals surface area (Å²) >= 11 is 0. The van der Waals surface area contributed by atoms with Crippen molar-refractivity contribution in [1.82, 2.24) is 4.90 Å². The van der Waals surface area contributed by atoms with Crippen molar-refractivity contribution in [3.05, 3.63) is 48.4 Å². The van der Waals surface area contributed by atoms with E-state index in [9.17, 15) is 9.59 Å². The third-order valence-corrected chi connectivity index (χ3v) is 2.28.